The van der Waals surface area contributed by atoms with Crippen LogP contribution in [0.25, 0.3) is 0 Å². The van der Waals surface area contributed by atoms with Crippen molar-refractivity contribution in [2.75, 3.05) is 26.7 Å². The Labute approximate surface area is 135 Å². The maximum atomic E-state index is 12.4. The number of rotatable bonds is 5. The van der Waals surface area contributed by atoms with Crippen LogP contribution in [0.3, 0.4) is 0 Å². The summed E-state index contributed by atoms with van der Waals surface area (Å²) in [4.78, 5) is 2.05. The van der Waals surface area contributed by atoms with E-state index in [0.29, 0.717) is 12.1 Å². The third-order valence-electron chi connectivity index (χ3n) is 3.75. The van der Waals surface area contributed by atoms with Gasteiger partial charge in [0.2, 0.25) is 0 Å². The molecule has 0 aromatic heterocycles. The van der Waals surface area contributed by atoms with E-state index in [4.69, 9.17) is 0 Å². The van der Waals surface area contributed by atoms with Crippen molar-refractivity contribution in [3.63, 3.8) is 0 Å². The Hall–Kier alpha value is -0.980. The lowest BCUT2D eigenvalue weighted by atomic mass is 9.89. The van der Waals surface area contributed by atoms with Crippen molar-refractivity contribution in [2.24, 2.45) is 5.41 Å². The molecule has 126 valence electrons. The minimum Gasteiger partial charge on any atom is -0.405 e. The van der Waals surface area contributed by atoms with E-state index < -0.39 is 6.36 Å². The van der Waals surface area contributed by atoms with Gasteiger partial charge in [-0.25, -0.2) is 0 Å². The minimum atomic E-state index is -4.66. The second-order valence-corrected chi connectivity index (χ2v) is 6.07. The summed E-state index contributed by atoms with van der Waals surface area (Å²) in [6.07, 6.45) is -3.58. The summed E-state index contributed by atoms with van der Waals surface area (Å²) in [5.74, 6) is -0.119. The molecule has 22 heavy (non-hydrogen) atoms. The average molecular weight is 339 g/mol. The van der Waals surface area contributed by atoms with Crippen LogP contribution in [0.5, 0.6) is 5.75 Å². The van der Waals surface area contributed by atoms with E-state index in [9.17, 15) is 13.2 Å². The second-order valence-electron chi connectivity index (χ2n) is 6.07. The van der Waals surface area contributed by atoms with Crippen molar-refractivity contribution in [2.45, 2.75) is 26.3 Å². The molecule has 1 N–H and O–H groups in total. The van der Waals surface area contributed by atoms with Crippen LogP contribution in [-0.4, -0.2) is 37.9 Å². The Bertz CT molecular complexity index is 476. The lowest BCUT2D eigenvalue weighted by Crippen LogP contribution is -2.35. The molecule has 1 unspecified atom stereocenters. The van der Waals surface area contributed by atoms with Crippen LogP contribution in [0.1, 0.15) is 18.9 Å². The molecule has 1 atom stereocenters. The summed E-state index contributed by atoms with van der Waals surface area (Å²) in [5, 5.41) is 3.32. The fourth-order valence-corrected chi connectivity index (χ4v) is 2.86. The van der Waals surface area contributed by atoms with Gasteiger partial charge in [-0.15, -0.1) is 25.6 Å². The van der Waals surface area contributed by atoms with Gasteiger partial charge in [0.05, 0.1) is 0 Å². The minimum absolute atomic E-state index is 0. The van der Waals surface area contributed by atoms with E-state index in [-0.39, 0.29) is 23.6 Å². The number of nitrogens with zero attached hydrogens (tertiary/aromatic N) is 1. The highest BCUT2D eigenvalue weighted by molar-refractivity contribution is 5.85. The first-order chi connectivity index (χ1) is 9.77. The number of hydrogen-bond donors (Lipinski definition) is 1. The number of ether oxygens (including phenoxy) is 1. The van der Waals surface area contributed by atoms with Gasteiger partial charge >= 0.3 is 6.36 Å². The van der Waals surface area contributed by atoms with E-state index >= 15 is 0 Å². The van der Waals surface area contributed by atoms with Crippen LogP contribution < -0.4 is 10.1 Å². The number of halogens is 4. The summed E-state index contributed by atoms with van der Waals surface area (Å²) in [5.41, 5.74) is 0.723. The summed E-state index contributed by atoms with van der Waals surface area (Å²) in [6, 6.07) is 6.31. The molecule has 0 amide bonds. The van der Waals surface area contributed by atoms with E-state index in [2.05, 4.69) is 17.0 Å². The molecule has 0 spiro atoms. The van der Waals surface area contributed by atoms with E-state index in [1.54, 1.807) is 18.2 Å². The molecule has 1 aliphatic rings. The van der Waals surface area contributed by atoms with Crippen molar-refractivity contribution in [1.82, 2.24) is 10.2 Å². The zero-order valence-electron chi connectivity index (χ0n) is 12.7. The normalized spacial score (nSPS) is 21.7. The summed E-state index contributed by atoms with van der Waals surface area (Å²) < 4.78 is 41.3. The Balaban J connectivity index is 0.00000242. The van der Waals surface area contributed by atoms with Crippen LogP contribution in [0.15, 0.2) is 24.3 Å². The van der Waals surface area contributed by atoms with Gasteiger partial charge in [-0.1, -0.05) is 25.1 Å². The van der Waals surface area contributed by atoms with Crippen LogP contribution in [-0.2, 0) is 6.54 Å². The van der Waals surface area contributed by atoms with Crippen LogP contribution in [0.2, 0.25) is 0 Å². The van der Waals surface area contributed by atoms with Gasteiger partial charge in [-0.05, 0) is 31.5 Å². The third kappa shape index (κ3) is 5.66. The smallest absolute Gasteiger partial charge is 0.405 e. The zero-order valence-corrected chi connectivity index (χ0v) is 13.6. The average Bonchev–Trinajstić information content (AvgIpc) is 2.76. The number of para-hydroxylation sites is 1. The lowest BCUT2D eigenvalue weighted by Gasteiger charge is -2.29. The van der Waals surface area contributed by atoms with Crippen LogP contribution in [0, 0.1) is 5.41 Å². The zero-order chi connectivity index (χ0) is 15.5. The van der Waals surface area contributed by atoms with Gasteiger partial charge in [0.15, 0.2) is 0 Å². The first-order valence-corrected chi connectivity index (χ1v) is 7.00. The standard InChI is InChI=1S/C15H21F3N2O.ClH/c1-14(7-8-19-10-14)11-20(2)9-12-5-3-4-6-13(12)21-15(16,17)18;/h3-6,19H,7-11H2,1-2H3;1H. The molecule has 0 saturated carbocycles. The Morgan fingerprint density at radius 1 is 1.32 bits per heavy atom. The second kappa shape index (κ2) is 7.53. The first-order valence-electron chi connectivity index (χ1n) is 7.00. The Kier molecular flexibility index (Phi) is 6.52. The Morgan fingerprint density at radius 3 is 2.59 bits per heavy atom. The van der Waals surface area contributed by atoms with Gasteiger partial charge in [-0.3, -0.25) is 0 Å². The summed E-state index contributed by atoms with van der Waals surface area (Å²) in [7, 11) is 1.92. The van der Waals surface area contributed by atoms with Gasteiger partial charge in [0.1, 0.15) is 5.75 Å². The number of nitrogens with one attached hydrogen (secondary N) is 1. The summed E-state index contributed by atoms with van der Waals surface area (Å²) in [6.45, 7) is 5.40. The predicted molar refractivity (Wildman–Crippen MR) is 82.3 cm³/mol. The largest absolute Gasteiger partial charge is 0.573 e. The molecule has 1 saturated heterocycles. The van der Waals surface area contributed by atoms with Crippen LogP contribution >= 0.6 is 12.4 Å². The maximum absolute atomic E-state index is 12.4. The Morgan fingerprint density at radius 2 is 2.00 bits per heavy atom. The molecule has 7 heteroatoms. The van der Waals surface area contributed by atoms with Crippen molar-refractivity contribution in [3.8, 4) is 5.75 Å². The number of alkyl halides is 3. The molecule has 3 nitrogen and oxygen atoms in total. The molecule has 1 heterocycles. The lowest BCUT2D eigenvalue weighted by molar-refractivity contribution is -0.275. The van der Waals surface area contributed by atoms with Gasteiger partial charge in [-0.2, -0.15) is 0 Å². The number of benzene rings is 1. The predicted octanol–water partition coefficient (Wildman–Crippen LogP) is 3.44. The van der Waals surface area contributed by atoms with Gasteiger partial charge in [0.25, 0.3) is 0 Å². The van der Waals surface area contributed by atoms with Gasteiger partial charge in [0, 0.05) is 25.2 Å². The van der Waals surface area contributed by atoms with Crippen LogP contribution in [0.4, 0.5) is 13.2 Å². The molecule has 1 aromatic rings. The number of hydrogen-bond acceptors (Lipinski definition) is 3. The first kappa shape index (κ1) is 19.1. The molecule has 1 aromatic carbocycles. The van der Waals surface area contributed by atoms with E-state index in [1.165, 1.54) is 6.07 Å². The maximum Gasteiger partial charge on any atom is 0.573 e. The molecule has 1 fully saturated rings. The van der Waals surface area contributed by atoms with Gasteiger partial charge < -0.3 is 15.0 Å². The summed E-state index contributed by atoms with van der Waals surface area (Å²) >= 11 is 0. The highest BCUT2D eigenvalue weighted by Gasteiger charge is 2.33. The quantitative estimate of drug-likeness (QED) is 0.890. The van der Waals surface area contributed by atoms with E-state index in [1.807, 2.05) is 11.9 Å². The monoisotopic (exact) mass is 338 g/mol. The molecule has 2 rings (SSSR count). The molecular formula is C15H22ClF3N2O. The molecule has 0 aliphatic carbocycles. The third-order valence-corrected chi connectivity index (χ3v) is 3.75. The molecular weight excluding hydrogens is 317 g/mol. The fourth-order valence-electron chi connectivity index (χ4n) is 2.86. The molecule has 1 aliphatic heterocycles. The topological polar surface area (TPSA) is 24.5 Å². The SMILES string of the molecule is CN(Cc1ccccc1OC(F)(F)F)CC1(C)CCNC1.Cl. The molecule has 0 radical (unpaired) electrons. The van der Waals surface area contributed by atoms with E-state index in [0.717, 1.165) is 26.1 Å². The van der Waals surface area contributed by atoms with Crippen molar-refractivity contribution in [3.05, 3.63) is 29.8 Å². The van der Waals surface area contributed by atoms with Crippen molar-refractivity contribution >= 4 is 12.4 Å². The van der Waals surface area contributed by atoms with Crippen molar-refractivity contribution < 1.29 is 17.9 Å². The molecule has 0 bridgehead atoms. The fraction of sp³-hybridized carbons (Fsp3) is 0.600. The highest BCUT2D eigenvalue weighted by Crippen LogP contribution is 2.29. The van der Waals surface area contributed by atoms with Crippen molar-refractivity contribution in [1.29, 1.82) is 0 Å². The highest BCUT2D eigenvalue weighted by atomic mass is 35.5.